The Hall–Kier alpha value is -3.14. The first-order valence-corrected chi connectivity index (χ1v) is 11.2. The van der Waals surface area contributed by atoms with Gasteiger partial charge in [0.15, 0.2) is 0 Å². The van der Waals surface area contributed by atoms with Crippen molar-refractivity contribution < 1.29 is 0 Å². The lowest BCUT2D eigenvalue weighted by atomic mass is 10.1. The summed E-state index contributed by atoms with van der Waals surface area (Å²) < 4.78 is 0. The Morgan fingerprint density at radius 3 is 1.37 bits per heavy atom. The summed E-state index contributed by atoms with van der Waals surface area (Å²) >= 11 is 0. The lowest BCUT2D eigenvalue weighted by molar-refractivity contribution is 0.949. The number of hydrogen-bond acceptors (Lipinski definition) is 4. The third-order valence-electron chi connectivity index (χ3n) is 6.54. The molecule has 2 aromatic carbocycles. The Morgan fingerprint density at radius 1 is 0.533 bits per heavy atom. The Bertz CT molecular complexity index is 1120. The molecule has 30 heavy (non-hydrogen) atoms. The molecule has 0 atom stereocenters. The molecule has 0 amide bonds. The summed E-state index contributed by atoms with van der Waals surface area (Å²) in [6, 6.07) is 21.6. The molecule has 0 N–H and O–H groups in total. The minimum atomic E-state index is 0.974. The summed E-state index contributed by atoms with van der Waals surface area (Å²) in [5.74, 6) is 0. The maximum absolute atomic E-state index is 5.04. The molecule has 150 valence electrons. The quantitative estimate of drug-likeness (QED) is 0.449. The van der Waals surface area contributed by atoms with Gasteiger partial charge in [-0.2, -0.15) is 0 Å². The van der Waals surface area contributed by atoms with E-state index in [-0.39, 0.29) is 0 Å². The first kappa shape index (κ1) is 17.7. The van der Waals surface area contributed by atoms with Crippen molar-refractivity contribution in [2.24, 2.45) is 0 Å². The van der Waals surface area contributed by atoms with Crippen molar-refractivity contribution in [2.75, 3.05) is 36.0 Å². The van der Waals surface area contributed by atoms with Gasteiger partial charge in [-0.25, -0.2) is 9.97 Å². The molecular weight excluding hydrogens is 368 g/mol. The molecule has 4 aromatic rings. The second-order valence-electron chi connectivity index (χ2n) is 8.48. The van der Waals surface area contributed by atoms with Gasteiger partial charge >= 0.3 is 0 Å². The first-order valence-electron chi connectivity index (χ1n) is 11.2. The zero-order valence-corrected chi connectivity index (χ0v) is 17.2. The van der Waals surface area contributed by atoms with Gasteiger partial charge in [0.05, 0.1) is 22.4 Å². The summed E-state index contributed by atoms with van der Waals surface area (Å²) in [5, 5.41) is 2.48. The van der Waals surface area contributed by atoms with Crippen LogP contribution in [0.4, 0.5) is 11.4 Å². The summed E-state index contributed by atoms with van der Waals surface area (Å²) in [7, 11) is 0. The predicted octanol–water partition coefficient (Wildman–Crippen LogP) is 5.65. The van der Waals surface area contributed by atoms with Gasteiger partial charge in [0, 0.05) is 48.3 Å². The minimum absolute atomic E-state index is 0.974. The fourth-order valence-electron chi connectivity index (χ4n) is 5.02. The van der Waals surface area contributed by atoms with Crippen molar-refractivity contribution in [2.45, 2.75) is 25.7 Å². The Balaban J connectivity index is 1.56. The van der Waals surface area contributed by atoms with E-state index in [0.717, 1.165) is 48.6 Å². The number of benzene rings is 2. The topological polar surface area (TPSA) is 32.3 Å². The molecule has 2 aromatic heterocycles. The standard InChI is InChI=1S/C26H26N4/c1-3-11-21-19(9-1)25(29-13-5-6-14-29)17-23(27-21)24-18-26(30-15-7-8-16-30)20-10-2-4-12-22(20)28-24/h1-4,9-12,17-18H,5-8,13-16H2. The molecule has 2 saturated heterocycles. The van der Waals surface area contributed by atoms with Gasteiger partial charge in [0.1, 0.15) is 0 Å². The van der Waals surface area contributed by atoms with E-state index in [1.807, 2.05) is 0 Å². The lowest BCUT2D eigenvalue weighted by Gasteiger charge is -2.22. The largest absolute Gasteiger partial charge is 0.371 e. The van der Waals surface area contributed by atoms with Crippen molar-refractivity contribution in [1.82, 2.24) is 9.97 Å². The lowest BCUT2D eigenvalue weighted by Crippen LogP contribution is -2.19. The van der Waals surface area contributed by atoms with Crippen molar-refractivity contribution in [3.05, 3.63) is 60.7 Å². The fraction of sp³-hybridized carbons (Fsp3) is 0.308. The molecule has 4 heterocycles. The van der Waals surface area contributed by atoms with E-state index in [2.05, 4.69) is 70.5 Å². The van der Waals surface area contributed by atoms with Crippen LogP contribution in [0.1, 0.15) is 25.7 Å². The van der Waals surface area contributed by atoms with Crippen LogP contribution in [0.3, 0.4) is 0 Å². The highest BCUT2D eigenvalue weighted by molar-refractivity contribution is 5.97. The summed E-state index contributed by atoms with van der Waals surface area (Å²) in [6.07, 6.45) is 5.05. The zero-order valence-electron chi connectivity index (χ0n) is 17.2. The van der Waals surface area contributed by atoms with Crippen molar-refractivity contribution in [1.29, 1.82) is 0 Å². The SMILES string of the molecule is c1ccc2c(N3CCCC3)cc(-c3cc(N4CCCC4)c4ccccc4n3)nc2c1. The van der Waals surface area contributed by atoms with Crippen molar-refractivity contribution in [3.8, 4) is 11.4 Å². The van der Waals surface area contributed by atoms with Gasteiger partial charge < -0.3 is 9.80 Å². The monoisotopic (exact) mass is 394 g/mol. The summed E-state index contributed by atoms with van der Waals surface area (Å²) in [4.78, 5) is 15.1. The second-order valence-corrected chi connectivity index (χ2v) is 8.48. The highest BCUT2D eigenvalue weighted by Gasteiger charge is 2.20. The molecular formula is C26H26N4. The number of aromatic nitrogens is 2. The minimum Gasteiger partial charge on any atom is -0.371 e. The molecule has 0 aliphatic carbocycles. The Kier molecular flexibility index (Phi) is 4.29. The molecule has 0 unspecified atom stereocenters. The van der Waals surface area contributed by atoms with Crippen LogP contribution < -0.4 is 9.80 Å². The van der Waals surface area contributed by atoms with Gasteiger partial charge in [-0.3, -0.25) is 0 Å². The highest BCUT2D eigenvalue weighted by atomic mass is 15.2. The van der Waals surface area contributed by atoms with Gasteiger partial charge in [-0.05, 0) is 49.9 Å². The van der Waals surface area contributed by atoms with Gasteiger partial charge in [-0.15, -0.1) is 0 Å². The maximum Gasteiger partial charge on any atom is 0.0915 e. The number of fused-ring (bicyclic) bond motifs is 2. The molecule has 0 radical (unpaired) electrons. The van der Waals surface area contributed by atoms with E-state index < -0.39 is 0 Å². The van der Waals surface area contributed by atoms with Crippen LogP contribution in [0.2, 0.25) is 0 Å². The van der Waals surface area contributed by atoms with Gasteiger partial charge in [0.2, 0.25) is 0 Å². The maximum atomic E-state index is 5.04. The van der Waals surface area contributed by atoms with E-state index >= 15 is 0 Å². The first-order chi connectivity index (χ1) is 14.9. The van der Waals surface area contributed by atoms with E-state index in [4.69, 9.17) is 9.97 Å². The number of rotatable bonds is 3. The number of para-hydroxylation sites is 2. The normalized spacial score (nSPS) is 16.8. The molecule has 0 saturated carbocycles. The molecule has 6 rings (SSSR count). The van der Waals surface area contributed by atoms with Crippen LogP contribution in [-0.2, 0) is 0 Å². The molecule has 2 aliphatic heterocycles. The average molecular weight is 395 g/mol. The summed E-state index contributed by atoms with van der Waals surface area (Å²) in [5.41, 5.74) is 6.64. The Labute approximate surface area is 177 Å². The molecule has 2 fully saturated rings. The third-order valence-corrected chi connectivity index (χ3v) is 6.54. The van der Waals surface area contributed by atoms with Crippen molar-refractivity contribution >= 4 is 33.2 Å². The number of hydrogen-bond donors (Lipinski definition) is 0. The second kappa shape index (κ2) is 7.28. The number of nitrogens with zero attached hydrogens (tertiary/aromatic N) is 4. The number of pyridine rings is 2. The third kappa shape index (κ3) is 2.98. The zero-order chi connectivity index (χ0) is 19.9. The van der Waals surface area contributed by atoms with Crippen LogP contribution in [0, 0.1) is 0 Å². The molecule has 4 heteroatoms. The molecule has 0 bridgehead atoms. The van der Waals surface area contributed by atoms with Crippen LogP contribution in [0.5, 0.6) is 0 Å². The van der Waals surface area contributed by atoms with E-state index in [1.165, 1.54) is 47.8 Å². The highest BCUT2D eigenvalue weighted by Crippen LogP contribution is 2.36. The summed E-state index contributed by atoms with van der Waals surface area (Å²) in [6.45, 7) is 4.49. The van der Waals surface area contributed by atoms with E-state index in [1.54, 1.807) is 0 Å². The van der Waals surface area contributed by atoms with Crippen molar-refractivity contribution in [3.63, 3.8) is 0 Å². The van der Waals surface area contributed by atoms with Gasteiger partial charge in [0.25, 0.3) is 0 Å². The molecule has 0 spiro atoms. The number of anilines is 2. The smallest absolute Gasteiger partial charge is 0.0915 e. The van der Waals surface area contributed by atoms with Gasteiger partial charge in [-0.1, -0.05) is 36.4 Å². The van der Waals surface area contributed by atoms with Crippen LogP contribution in [0.15, 0.2) is 60.7 Å². The predicted molar refractivity (Wildman–Crippen MR) is 125 cm³/mol. The molecule has 4 nitrogen and oxygen atoms in total. The van der Waals surface area contributed by atoms with E-state index in [9.17, 15) is 0 Å². The average Bonchev–Trinajstić information content (AvgIpc) is 3.52. The van der Waals surface area contributed by atoms with E-state index in [0.29, 0.717) is 0 Å². The van der Waals surface area contributed by atoms with Crippen LogP contribution >= 0.6 is 0 Å². The van der Waals surface area contributed by atoms with Crippen LogP contribution in [-0.4, -0.2) is 36.1 Å². The van der Waals surface area contributed by atoms with Crippen LogP contribution in [0.25, 0.3) is 33.2 Å². The fourth-order valence-corrected chi connectivity index (χ4v) is 5.02. The molecule has 2 aliphatic rings. The Morgan fingerprint density at radius 2 is 0.933 bits per heavy atom.